The summed E-state index contributed by atoms with van der Waals surface area (Å²) in [6.45, 7) is 12.4. The second-order valence-corrected chi connectivity index (χ2v) is 9.29. The normalized spacial score (nSPS) is 14.2. The number of esters is 1. The van der Waals surface area contributed by atoms with Gasteiger partial charge in [0.1, 0.15) is 6.79 Å². The highest BCUT2D eigenvalue weighted by atomic mass is 33.1. The van der Waals surface area contributed by atoms with Crippen molar-refractivity contribution >= 4 is 40.3 Å². The smallest absolute Gasteiger partial charge is 0.306 e. The molecular weight excluding hydrogens is 398 g/mol. The van der Waals surface area contributed by atoms with Gasteiger partial charge in [-0.2, -0.15) is 0 Å². The molecule has 0 aromatic carbocycles. The van der Waals surface area contributed by atoms with E-state index in [9.17, 15) is 9.59 Å². The minimum absolute atomic E-state index is 0.0266. The summed E-state index contributed by atoms with van der Waals surface area (Å²) in [5.74, 6) is 1.62. The molecule has 1 saturated heterocycles. The van der Waals surface area contributed by atoms with Gasteiger partial charge in [-0.05, 0) is 38.3 Å². The van der Waals surface area contributed by atoms with Gasteiger partial charge in [0.2, 0.25) is 0 Å². The van der Waals surface area contributed by atoms with E-state index in [1.54, 1.807) is 0 Å². The number of rotatable bonds is 12. The van der Waals surface area contributed by atoms with Crippen LogP contribution in [0.1, 0.15) is 65.7 Å². The first-order chi connectivity index (χ1) is 13.5. The van der Waals surface area contributed by atoms with E-state index in [2.05, 4.69) is 25.7 Å². The van der Waals surface area contributed by atoms with Gasteiger partial charge < -0.3 is 19.5 Å². The summed E-state index contributed by atoms with van der Waals surface area (Å²) >= 11 is 0. The van der Waals surface area contributed by atoms with Gasteiger partial charge in [-0.15, -0.1) is 0 Å². The van der Waals surface area contributed by atoms with Crippen molar-refractivity contribution in [3.05, 3.63) is 0 Å². The first kappa shape index (κ1) is 29.5. The van der Waals surface area contributed by atoms with Crippen LogP contribution in [0, 0.1) is 5.92 Å². The lowest BCUT2D eigenvalue weighted by Gasteiger charge is -2.31. The number of hydrogen-bond acceptors (Lipinski definition) is 7. The second kappa shape index (κ2) is 22.6. The lowest BCUT2D eigenvalue weighted by Crippen LogP contribution is -2.35. The predicted octanol–water partition coefficient (Wildman–Crippen LogP) is 4.52. The van der Waals surface area contributed by atoms with Crippen LogP contribution in [0.25, 0.3) is 0 Å². The SMILES string of the molecule is C=O.CCCC.CCSSCCN1CCC(CCOC(=O)CCC(=O)O)CC1. The summed E-state index contributed by atoms with van der Waals surface area (Å²) in [7, 11) is 3.87. The van der Waals surface area contributed by atoms with E-state index in [1.165, 1.54) is 18.6 Å². The number of ether oxygens (including phenoxy) is 1. The van der Waals surface area contributed by atoms with E-state index < -0.39 is 11.9 Å². The Morgan fingerprint density at radius 2 is 1.68 bits per heavy atom. The average Bonchev–Trinajstić information content (AvgIpc) is 2.72. The molecule has 0 aliphatic carbocycles. The number of carbonyl (C=O) groups is 3. The summed E-state index contributed by atoms with van der Waals surface area (Å²) in [6.07, 6.45) is 5.69. The molecule has 0 atom stereocenters. The first-order valence-electron chi connectivity index (χ1n) is 10.2. The third kappa shape index (κ3) is 20.0. The van der Waals surface area contributed by atoms with Crippen molar-refractivity contribution in [2.45, 2.75) is 65.7 Å². The molecule has 1 N–H and O–H groups in total. The minimum atomic E-state index is -0.958. The third-order valence-electron chi connectivity index (χ3n) is 4.23. The molecule has 28 heavy (non-hydrogen) atoms. The predicted molar refractivity (Wildman–Crippen MR) is 120 cm³/mol. The second-order valence-electron chi connectivity index (χ2n) is 6.42. The fourth-order valence-electron chi connectivity index (χ4n) is 2.43. The molecule has 0 amide bonds. The molecule has 6 nitrogen and oxygen atoms in total. The van der Waals surface area contributed by atoms with E-state index >= 15 is 0 Å². The number of carbonyl (C=O) groups excluding carboxylic acids is 2. The van der Waals surface area contributed by atoms with E-state index in [4.69, 9.17) is 14.6 Å². The summed E-state index contributed by atoms with van der Waals surface area (Å²) in [5.41, 5.74) is 0. The van der Waals surface area contributed by atoms with Gasteiger partial charge >= 0.3 is 11.9 Å². The van der Waals surface area contributed by atoms with Gasteiger partial charge in [-0.1, -0.05) is 55.2 Å². The molecule has 0 bridgehead atoms. The Kier molecular flexibility index (Phi) is 23.7. The number of unbranched alkanes of at least 4 members (excludes halogenated alkanes) is 1. The van der Waals surface area contributed by atoms with Gasteiger partial charge in [0, 0.05) is 18.1 Å². The lowest BCUT2D eigenvalue weighted by atomic mass is 9.94. The van der Waals surface area contributed by atoms with Crippen LogP contribution in [0.3, 0.4) is 0 Å². The molecule has 0 unspecified atom stereocenters. The number of hydrogen-bond donors (Lipinski definition) is 1. The topological polar surface area (TPSA) is 83.9 Å². The zero-order chi connectivity index (χ0) is 21.6. The van der Waals surface area contributed by atoms with E-state index in [0.717, 1.165) is 44.6 Å². The van der Waals surface area contributed by atoms with Crippen molar-refractivity contribution in [1.29, 1.82) is 0 Å². The van der Waals surface area contributed by atoms with E-state index in [-0.39, 0.29) is 12.8 Å². The van der Waals surface area contributed by atoms with E-state index in [0.29, 0.717) is 12.5 Å². The van der Waals surface area contributed by atoms with Gasteiger partial charge in [0.05, 0.1) is 19.4 Å². The van der Waals surface area contributed by atoms with Gasteiger partial charge in [0.25, 0.3) is 0 Å². The molecule has 1 fully saturated rings. The zero-order valence-corrected chi connectivity index (χ0v) is 19.5. The van der Waals surface area contributed by atoms with Crippen LogP contribution in [0.2, 0.25) is 0 Å². The maximum atomic E-state index is 11.3. The summed E-state index contributed by atoms with van der Waals surface area (Å²) in [4.78, 5) is 32.2. The van der Waals surface area contributed by atoms with E-state index in [1.807, 2.05) is 28.4 Å². The summed E-state index contributed by atoms with van der Waals surface area (Å²) in [5, 5.41) is 8.49. The van der Waals surface area contributed by atoms with Crippen LogP contribution in [0.15, 0.2) is 0 Å². The monoisotopic (exact) mass is 437 g/mol. The average molecular weight is 438 g/mol. The number of carboxylic acids is 1. The Morgan fingerprint density at radius 1 is 1.07 bits per heavy atom. The molecule has 0 aromatic rings. The molecule has 0 radical (unpaired) electrons. The summed E-state index contributed by atoms with van der Waals surface area (Å²) in [6, 6.07) is 0. The largest absolute Gasteiger partial charge is 0.481 e. The number of piperidine rings is 1. The quantitative estimate of drug-likeness (QED) is 0.271. The Morgan fingerprint density at radius 3 is 2.18 bits per heavy atom. The Labute approximate surface area is 178 Å². The Balaban J connectivity index is 0. The zero-order valence-electron chi connectivity index (χ0n) is 17.8. The van der Waals surface area contributed by atoms with Crippen LogP contribution >= 0.6 is 21.6 Å². The molecule has 8 heteroatoms. The Bertz CT molecular complexity index is 376. The van der Waals surface area contributed by atoms with Crippen molar-refractivity contribution in [2.24, 2.45) is 5.92 Å². The maximum Gasteiger partial charge on any atom is 0.306 e. The number of carboxylic acid groups (broad SMARTS) is 1. The fourth-order valence-corrected chi connectivity index (χ4v) is 4.12. The molecule has 166 valence electrons. The van der Waals surface area contributed by atoms with Crippen LogP contribution in [0.5, 0.6) is 0 Å². The van der Waals surface area contributed by atoms with Crippen molar-refractivity contribution in [2.75, 3.05) is 37.7 Å². The highest BCUT2D eigenvalue weighted by Crippen LogP contribution is 2.23. The summed E-state index contributed by atoms with van der Waals surface area (Å²) < 4.78 is 5.09. The molecule has 1 aliphatic heterocycles. The van der Waals surface area contributed by atoms with Crippen molar-refractivity contribution < 1.29 is 24.2 Å². The van der Waals surface area contributed by atoms with Gasteiger partial charge in [-0.3, -0.25) is 9.59 Å². The number of likely N-dealkylation sites (tertiary alicyclic amines) is 1. The third-order valence-corrected chi connectivity index (χ3v) is 6.69. The van der Waals surface area contributed by atoms with Crippen molar-refractivity contribution in [3.63, 3.8) is 0 Å². The van der Waals surface area contributed by atoms with Crippen LogP contribution in [0.4, 0.5) is 0 Å². The van der Waals surface area contributed by atoms with Gasteiger partial charge in [0.15, 0.2) is 0 Å². The molecular formula is C20H39NO5S2. The fraction of sp³-hybridized carbons (Fsp3) is 0.850. The van der Waals surface area contributed by atoms with Crippen LogP contribution < -0.4 is 0 Å². The molecule has 0 spiro atoms. The van der Waals surface area contributed by atoms with Crippen LogP contribution in [-0.2, 0) is 19.1 Å². The van der Waals surface area contributed by atoms with Gasteiger partial charge in [-0.25, -0.2) is 0 Å². The standard InChI is InChI=1S/C15H27NO4S2.C4H10.CH2O/c1-2-21-22-12-10-16-8-5-13(6-9-16)7-11-20-15(19)4-3-14(17)18;1-3-4-2;1-2/h13H,2-12H2,1H3,(H,17,18);3-4H2,1-2H3;1H2. The Hall–Kier alpha value is -0.730. The molecule has 0 saturated carbocycles. The highest BCUT2D eigenvalue weighted by Gasteiger charge is 2.19. The van der Waals surface area contributed by atoms with Crippen LogP contribution in [-0.4, -0.2) is 66.5 Å². The first-order valence-corrected chi connectivity index (χ1v) is 12.6. The number of aliphatic carboxylic acids is 1. The molecule has 1 heterocycles. The minimum Gasteiger partial charge on any atom is -0.481 e. The molecule has 1 rings (SSSR count). The molecule has 0 aromatic heterocycles. The molecule has 1 aliphatic rings. The number of nitrogens with zero attached hydrogens (tertiary/aromatic N) is 1. The van der Waals surface area contributed by atoms with Crippen molar-refractivity contribution in [1.82, 2.24) is 4.90 Å². The highest BCUT2D eigenvalue weighted by molar-refractivity contribution is 8.76. The lowest BCUT2D eigenvalue weighted by molar-refractivity contribution is -0.148. The van der Waals surface area contributed by atoms with Crippen molar-refractivity contribution in [3.8, 4) is 0 Å². The maximum absolute atomic E-state index is 11.3.